The first-order valence-electron chi connectivity index (χ1n) is 11.4. The van der Waals surface area contributed by atoms with Gasteiger partial charge in [0.1, 0.15) is 0 Å². The predicted octanol–water partition coefficient (Wildman–Crippen LogP) is 3.34. The average molecular weight is 470 g/mol. The molecule has 2 heterocycles. The lowest BCUT2D eigenvalue weighted by molar-refractivity contribution is -0.128. The Morgan fingerprint density at radius 2 is 1.61 bits per heavy atom. The lowest BCUT2D eigenvalue weighted by Gasteiger charge is -2.34. The Balaban J connectivity index is 1.37. The maximum Gasteiger partial charge on any atom is 0.243 e. The molecular formula is C25H31N3O4S. The molecule has 2 fully saturated rings. The molecule has 0 bridgehead atoms. The van der Waals surface area contributed by atoms with Crippen LogP contribution >= 0.6 is 0 Å². The van der Waals surface area contributed by atoms with Crippen LogP contribution in [0.25, 0.3) is 0 Å². The van der Waals surface area contributed by atoms with Gasteiger partial charge in [-0.25, -0.2) is 8.42 Å². The summed E-state index contributed by atoms with van der Waals surface area (Å²) in [6.45, 7) is 6.07. The normalized spacial score (nSPS) is 24.1. The number of hydrogen-bond donors (Lipinski definition) is 1. The number of anilines is 1. The highest BCUT2D eigenvalue weighted by Gasteiger charge is 2.35. The summed E-state index contributed by atoms with van der Waals surface area (Å²) in [5.74, 6) is -0.0325. The third kappa shape index (κ3) is 5.45. The summed E-state index contributed by atoms with van der Waals surface area (Å²) in [5.41, 5.74) is 1.55. The van der Waals surface area contributed by atoms with Crippen molar-refractivity contribution in [1.82, 2.24) is 9.21 Å². The monoisotopic (exact) mass is 469 g/mol. The van der Waals surface area contributed by atoms with E-state index < -0.39 is 15.9 Å². The van der Waals surface area contributed by atoms with Gasteiger partial charge in [0.2, 0.25) is 21.8 Å². The molecule has 33 heavy (non-hydrogen) atoms. The predicted molar refractivity (Wildman–Crippen MR) is 127 cm³/mol. The van der Waals surface area contributed by atoms with E-state index >= 15 is 0 Å². The number of nitrogens with zero attached hydrogens (tertiary/aromatic N) is 2. The van der Waals surface area contributed by atoms with Crippen LogP contribution in [0.4, 0.5) is 5.69 Å². The summed E-state index contributed by atoms with van der Waals surface area (Å²) in [5, 5.41) is 2.83. The van der Waals surface area contributed by atoms with E-state index in [9.17, 15) is 18.0 Å². The minimum atomic E-state index is -3.56. The van der Waals surface area contributed by atoms with Gasteiger partial charge in [-0.2, -0.15) is 4.31 Å². The van der Waals surface area contributed by atoms with E-state index in [1.54, 1.807) is 21.3 Å². The highest BCUT2D eigenvalue weighted by molar-refractivity contribution is 7.89. The van der Waals surface area contributed by atoms with Crippen LogP contribution in [-0.2, 0) is 26.2 Å². The Kier molecular flexibility index (Phi) is 6.86. The van der Waals surface area contributed by atoms with Crippen LogP contribution in [0.3, 0.4) is 0 Å². The van der Waals surface area contributed by atoms with E-state index in [4.69, 9.17) is 0 Å². The number of likely N-dealkylation sites (tertiary alicyclic amines) is 1. The molecule has 0 spiro atoms. The first-order valence-corrected chi connectivity index (χ1v) is 12.9. The number of nitrogens with one attached hydrogen (secondary N) is 1. The van der Waals surface area contributed by atoms with Crippen molar-refractivity contribution in [3.05, 3.63) is 60.2 Å². The van der Waals surface area contributed by atoms with Crippen LogP contribution in [0, 0.1) is 17.8 Å². The van der Waals surface area contributed by atoms with E-state index in [2.05, 4.69) is 19.2 Å². The van der Waals surface area contributed by atoms with Crippen molar-refractivity contribution in [3.8, 4) is 0 Å². The quantitative estimate of drug-likeness (QED) is 0.703. The van der Waals surface area contributed by atoms with Crippen LogP contribution in [0.5, 0.6) is 0 Å². The fraction of sp³-hybridized carbons (Fsp3) is 0.440. The van der Waals surface area contributed by atoms with Gasteiger partial charge in [0.15, 0.2) is 0 Å². The highest BCUT2D eigenvalue weighted by atomic mass is 32.2. The zero-order valence-corrected chi connectivity index (χ0v) is 19.9. The SMILES string of the molecule is C[C@@H]1C[C@@H](C)CN(S(=O)(=O)c2ccc(NC(=O)[C@H]3CC(=O)N(Cc4ccccc4)C3)cc2)C1. The summed E-state index contributed by atoms with van der Waals surface area (Å²) in [4.78, 5) is 27.0. The highest BCUT2D eigenvalue weighted by Crippen LogP contribution is 2.28. The minimum Gasteiger partial charge on any atom is -0.338 e. The molecule has 3 atom stereocenters. The molecular weight excluding hydrogens is 438 g/mol. The first kappa shape index (κ1) is 23.4. The summed E-state index contributed by atoms with van der Waals surface area (Å²) in [7, 11) is -3.56. The molecule has 2 saturated heterocycles. The van der Waals surface area contributed by atoms with Gasteiger partial charge in [-0.15, -0.1) is 0 Å². The maximum atomic E-state index is 13.0. The molecule has 1 N–H and O–H groups in total. The Labute approximate surface area is 195 Å². The molecule has 0 unspecified atom stereocenters. The average Bonchev–Trinajstić information content (AvgIpc) is 3.14. The smallest absolute Gasteiger partial charge is 0.243 e. The Bertz CT molecular complexity index is 1090. The molecule has 2 amide bonds. The van der Waals surface area contributed by atoms with Crippen molar-refractivity contribution < 1.29 is 18.0 Å². The van der Waals surface area contributed by atoms with Gasteiger partial charge in [0.25, 0.3) is 0 Å². The molecule has 0 aromatic heterocycles. The summed E-state index contributed by atoms with van der Waals surface area (Å²) in [6, 6.07) is 16.0. The van der Waals surface area contributed by atoms with Crippen LogP contribution in [0.15, 0.2) is 59.5 Å². The standard InChI is InChI=1S/C25H31N3O4S/c1-18-12-19(2)15-28(14-18)33(31,32)23-10-8-22(9-11-23)26-25(30)21-13-24(29)27(17-21)16-20-6-4-3-5-7-20/h3-11,18-19,21H,12-17H2,1-2H3,(H,26,30)/t18-,19-,21+/m1/s1. The van der Waals surface area contributed by atoms with Gasteiger partial charge in [0.05, 0.1) is 10.8 Å². The molecule has 2 aromatic carbocycles. The molecule has 2 aliphatic rings. The maximum absolute atomic E-state index is 13.0. The van der Waals surface area contributed by atoms with Gasteiger partial charge < -0.3 is 10.2 Å². The third-order valence-electron chi connectivity index (χ3n) is 6.40. The molecule has 0 saturated carbocycles. The van der Waals surface area contributed by atoms with Gasteiger partial charge in [-0.1, -0.05) is 44.2 Å². The lowest BCUT2D eigenvalue weighted by atomic mass is 9.94. The van der Waals surface area contributed by atoms with Crippen LogP contribution in [0.1, 0.15) is 32.3 Å². The number of hydrogen-bond acceptors (Lipinski definition) is 4. The second-order valence-corrected chi connectivity index (χ2v) is 11.4. The molecule has 0 aliphatic carbocycles. The number of carbonyl (C=O) groups is 2. The van der Waals surface area contributed by atoms with Crippen molar-refractivity contribution in [2.24, 2.45) is 17.8 Å². The fourth-order valence-corrected chi connectivity index (χ4v) is 6.49. The second kappa shape index (κ2) is 9.65. The van der Waals surface area contributed by atoms with Crippen molar-refractivity contribution in [1.29, 1.82) is 0 Å². The van der Waals surface area contributed by atoms with E-state index in [1.807, 2.05) is 30.3 Å². The number of carbonyl (C=O) groups excluding carboxylic acids is 2. The topological polar surface area (TPSA) is 86.8 Å². The Morgan fingerprint density at radius 1 is 0.970 bits per heavy atom. The van der Waals surface area contributed by atoms with Gasteiger partial charge in [-0.3, -0.25) is 9.59 Å². The van der Waals surface area contributed by atoms with Crippen molar-refractivity contribution in [2.75, 3.05) is 25.0 Å². The van der Waals surface area contributed by atoms with Crippen molar-refractivity contribution in [3.63, 3.8) is 0 Å². The molecule has 7 nitrogen and oxygen atoms in total. The van der Waals surface area contributed by atoms with E-state index in [0.29, 0.717) is 43.7 Å². The molecule has 2 aromatic rings. The minimum absolute atomic E-state index is 0.0366. The Hall–Kier alpha value is -2.71. The third-order valence-corrected chi connectivity index (χ3v) is 8.24. The van der Waals surface area contributed by atoms with Crippen LogP contribution in [-0.4, -0.2) is 49.1 Å². The molecule has 176 valence electrons. The van der Waals surface area contributed by atoms with Crippen LogP contribution in [0.2, 0.25) is 0 Å². The zero-order valence-electron chi connectivity index (χ0n) is 19.1. The summed E-state index contributed by atoms with van der Waals surface area (Å²) >= 11 is 0. The number of sulfonamides is 1. The molecule has 2 aliphatic heterocycles. The van der Waals surface area contributed by atoms with Crippen molar-refractivity contribution >= 4 is 27.5 Å². The molecule has 4 rings (SSSR count). The summed E-state index contributed by atoms with van der Waals surface area (Å²) < 4.78 is 27.6. The van der Waals surface area contributed by atoms with E-state index in [0.717, 1.165) is 12.0 Å². The van der Waals surface area contributed by atoms with Crippen molar-refractivity contribution in [2.45, 2.75) is 38.1 Å². The zero-order chi connectivity index (χ0) is 23.6. The van der Waals surface area contributed by atoms with Gasteiger partial charge >= 0.3 is 0 Å². The van der Waals surface area contributed by atoms with Crippen LogP contribution < -0.4 is 5.32 Å². The number of benzene rings is 2. The largest absolute Gasteiger partial charge is 0.338 e. The lowest BCUT2D eigenvalue weighted by Crippen LogP contribution is -2.42. The van der Waals surface area contributed by atoms with Gasteiger partial charge in [0, 0.05) is 38.3 Å². The number of amides is 2. The molecule has 0 radical (unpaired) electrons. The Morgan fingerprint density at radius 3 is 2.24 bits per heavy atom. The first-order chi connectivity index (χ1) is 15.7. The number of rotatable bonds is 6. The molecule has 8 heteroatoms. The van der Waals surface area contributed by atoms with E-state index in [-0.39, 0.29) is 23.1 Å². The summed E-state index contributed by atoms with van der Waals surface area (Å²) in [6.07, 6.45) is 1.21. The second-order valence-electron chi connectivity index (χ2n) is 9.44. The van der Waals surface area contributed by atoms with Gasteiger partial charge in [-0.05, 0) is 48.1 Å². The number of piperidine rings is 1. The van der Waals surface area contributed by atoms with E-state index in [1.165, 1.54) is 12.1 Å². The fourth-order valence-electron chi connectivity index (χ4n) is 4.81.